The summed E-state index contributed by atoms with van der Waals surface area (Å²) in [5.41, 5.74) is 1.02. The van der Waals surface area contributed by atoms with Gasteiger partial charge >= 0.3 is 0 Å². The van der Waals surface area contributed by atoms with E-state index in [0.717, 1.165) is 30.0 Å². The lowest BCUT2D eigenvalue weighted by atomic mass is 10.3. The van der Waals surface area contributed by atoms with E-state index in [0.29, 0.717) is 0 Å². The van der Waals surface area contributed by atoms with Gasteiger partial charge in [0.25, 0.3) is 0 Å². The summed E-state index contributed by atoms with van der Waals surface area (Å²) >= 11 is 0. The fourth-order valence-electron chi connectivity index (χ4n) is 1.44. The molecule has 2 atom stereocenters. The number of nitrogens with one attached hydrogen (secondary N) is 1. The Balaban J connectivity index is 1.87. The SMILES string of the molecule is Cc1ccnc(NCC2CC2C)n1. The quantitative estimate of drug-likeness (QED) is 0.765. The van der Waals surface area contributed by atoms with Gasteiger partial charge in [-0.25, -0.2) is 9.97 Å². The number of rotatable bonds is 3. The zero-order valence-electron chi connectivity index (χ0n) is 8.12. The lowest BCUT2D eigenvalue weighted by Gasteiger charge is -2.03. The van der Waals surface area contributed by atoms with E-state index in [1.54, 1.807) is 6.20 Å². The molecule has 1 fully saturated rings. The summed E-state index contributed by atoms with van der Waals surface area (Å²) in [4.78, 5) is 8.42. The number of hydrogen-bond donors (Lipinski definition) is 1. The molecule has 0 spiro atoms. The van der Waals surface area contributed by atoms with Crippen LogP contribution >= 0.6 is 0 Å². The second-order valence-electron chi connectivity index (χ2n) is 3.88. The standard InChI is InChI=1S/C10H15N3/c1-7-5-9(7)6-12-10-11-4-3-8(2)13-10/h3-4,7,9H,5-6H2,1-2H3,(H,11,12,13). The zero-order valence-corrected chi connectivity index (χ0v) is 8.12. The maximum atomic E-state index is 4.28. The molecule has 1 N–H and O–H groups in total. The van der Waals surface area contributed by atoms with Crippen LogP contribution in [0.4, 0.5) is 5.95 Å². The predicted molar refractivity (Wildman–Crippen MR) is 52.5 cm³/mol. The molecule has 1 saturated carbocycles. The van der Waals surface area contributed by atoms with Crippen molar-refractivity contribution in [1.29, 1.82) is 0 Å². The van der Waals surface area contributed by atoms with Crippen molar-refractivity contribution in [3.63, 3.8) is 0 Å². The number of hydrogen-bond acceptors (Lipinski definition) is 3. The molecule has 1 heterocycles. The summed E-state index contributed by atoms with van der Waals surface area (Å²) in [7, 11) is 0. The minimum atomic E-state index is 0.763. The Hall–Kier alpha value is -1.12. The van der Waals surface area contributed by atoms with Crippen molar-refractivity contribution < 1.29 is 0 Å². The van der Waals surface area contributed by atoms with Gasteiger partial charge in [-0.2, -0.15) is 0 Å². The first-order valence-electron chi connectivity index (χ1n) is 4.79. The summed E-state index contributed by atoms with van der Waals surface area (Å²) in [5.74, 6) is 2.49. The lowest BCUT2D eigenvalue weighted by molar-refractivity contribution is 0.780. The number of aromatic nitrogens is 2. The molecule has 3 heteroatoms. The molecule has 1 aliphatic carbocycles. The second-order valence-corrected chi connectivity index (χ2v) is 3.88. The lowest BCUT2D eigenvalue weighted by Crippen LogP contribution is -2.07. The maximum absolute atomic E-state index is 4.28. The molecular formula is C10H15N3. The Bertz CT molecular complexity index is 298. The highest BCUT2D eigenvalue weighted by Gasteiger charge is 2.31. The minimum absolute atomic E-state index is 0.763. The van der Waals surface area contributed by atoms with Gasteiger partial charge in [-0.15, -0.1) is 0 Å². The van der Waals surface area contributed by atoms with E-state index in [9.17, 15) is 0 Å². The highest BCUT2D eigenvalue weighted by atomic mass is 15.1. The van der Waals surface area contributed by atoms with Crippen LogP contribution in [0.15, 0.2) is 12.3 Å². The van der Waals surface area contributed by atoms with Gasteiger partial charge in [0.15, 0.2) is 0 Å². The van der Waals surface area contributed by atoms with Gasteiger partial charge in [0.05, 0.1) is 0 Å². The molecule has 0 saturated heterocycles. The van der Waals surface area contributed by atoms with Crippen molar-refractivity contribution in [1.82, 2.24) is 9.97 Å². The fraction of sp³-hybridized carbons (Fsp3) is 0.600. The van der Waals surface area contributed by atoms with Gasteiger partial charge < -0.3 is 5.32 Å². The second kappa shape index (κ2) is 3.32. The van der Waals surface area contributed by atoms with E-state index in [1.807, 2.05) is 13.0 Å². The first-order valence-corrected chi connectivity index (χ1v) is 4.79. The Morgan fingerprint density at radius 3 is 3.00 bits per heavy atom. The third-order valence-electron chi connectivity index (χ3n) is 2.59. The van der Waals surface area contributed by atoms with Gasteiger partial charge in [0, 0.05) is 18.4 Å². The molecule has 2 unspecified atom stereocenters. The largest absolute Gasteiger partial charge is 0.354 e. The van der Waals surface area contributed by atoms with Crippen molar-refractivity contribution in [2.75, 3.05) is 11.9 Å². The first-order chi connectivity index (χ1) is 6.25. The molecular weight excluding hydrogens is 162 g/mol. The molecule has 0 aliphatic heterocycles. The van der Waals surface area contributed by atoms with E-state index in [2.05, 4.69) is 22.2 Å². The summed E-state index contributed by atoms with van der Waals surface area (Å²) in [6.07, 6.45) is 3.14. The van der Waals surface area contributed by atoms with Crippen molar-refractivity contribution in [2.45, 2.75) is 20.3 Å². The summed E-state index contributed by atoms with van der Waals surface area (Å²) < 4.78 is 0. The third kappa shape index (κ3) is 2.17. The minimum Gasteiger partial charge on any atom is -0.354 e. The van der Waals surface area contributed by atoms with E-state index >= 15 is 0 Å². The molecule has 0 radical (unpaired) electrons. The molecule has 0 aromatic carbocycles. The third-order valence-corrected chi connectivity index (χ3v) is 2.59. The van der Waals surface area contributed by atoms with Crippen LogP contribution in [0.2, 0.25) is 0 Å². The van der Waals surface area contributed by atoms with Crippen LogP contribution in [0, 0.1) is 18.8 Å². The van der Waals surface area contributed by atoms with Crippen LogP contribution < -0.4 is 5.32 Å². The van der Waals surface area contributed by atoms with Crippen LogP contribution in [0.5, 0.6) is 0 Å². The highest BCUT2D eigenvalue weighted by Crippen LogP contribution is 2.37. The molecule has 13 heavy (non-hydrogen) atoms. The smallest absolute Gasteiger partial charge is 0.222 e. The average molecular weight is 177 g/mol. The fourth-order valence-corrected chi connectivity index (χ4v) is 1.44. The Morgan fingerprint density at radius 1 is 1.62 bits per heavy atom. The van der Waals surface area contributed by atoms with Crippen LogP contribution in [0.25, 0.3) is 0 Å². The van der Waals surface area contributed by atoms with Gasteiger partial charge in [0.2, 0.25) is 5.95 Å². The Labute approximate surface area is 78.6 Å². The molecule has 1 aromatic rings. The van der Waals surface area contributed by atoms with Crippen LogP contribution in [0.3, 0.4) is 0 Å². The Morgan fingerprint density at radius 2 is 2.38 bits per heavy atom. The van der Waals surface area contributed by atoms with E-state index < -0.39 is 0 Å². The van der Waals surface area contributed by atoms with E-state index in [4.69, 9.17) is 0 Å². The molecule has 70 valence electrons. The van der Waals surface area contributed by atoms with E-state index in [-0.39, 0.29) is 0 Å². The van der Waals surface area contributed by atoms with Crippen molar-refractivity contribution in [2.24, 2.45) is 11.8 Å². The molecule has 1 aromatic heterocycles. The highest BCUT2D eigenvalue weighted by molar-refractivity contribution is 5.25. The monoisotopic (exact) mass is 177 g/mol. The zero-order chi connectivity index (χ0) is 9.26. The van der Waals surface area contributed by atoms with E-state index in [1.165, 1.54) is 6.42 Å². The van der Waals surface area contributed by atoms with Gasteiger partial charge in [-0.05, 0) is 31.2 Å². The predicted octanol–water partition coefficient (Wildman–Crippen LogP) is 1.85. The van der Waals surface area contributed by atoms with Gasteiger partial charge in [-0.3, -0.25) is 0 Å². The van der Waals surface area contributed by atoms with Crippen molar-refractivity contribution in [3.8, 4) is 0 Å². The van der Waals surface area contributed by atoms with Crippen LogP contribution in [-0.4, -0.2) is 16.5 Å². The topological polar surface area (TPSA) is 37.8 Å². The number of aryl methyl sites for hydroxylation is 1. The molecule has 0 amide bonds. The van der Waals surface area contributed by atoms with Crippen LogP contribution in [-0.2, 0) is 0 Å². The molecule has 0 bridgehead atoms. The van der Waals surface area contributed by atoms with Crippen molar-refractivity contribution >= 4 is 5.95 Å². The molecule has 1 aliphatic rings. The number of nitrogens with zero attached hydrogens (tertiary/aromatic N) is 2. The maximum Gasteiger partial charge on any atom is 0.222 e. The van der Waals surface area contributed by atoms with Gasteiger partial charge in [0.1, 0.15) is 0 Å². The average Bonchev–Trinajstić information content (AvgIpc) is 2.79. The normalized spacial score (nSPS) is 25.7. The summed E-state index contributed by atoms with van der Waals surface area (Å²) in [6.45, 7) is 5.28. The number of anilines is 1. The first kappa shape index (κ1) is 8.48. The summed E-state index contributed by atoms with van der Waals surface area (Å²) in [5, 5.41) is 3.26. The van der Waals surface area contributed by atoms with Gasteiger partial charge in [-0.1, -0.05) is 6.92 Å². The van der Waals surface area contributed by atoms with Crippen molar-refractivity contribution in [3.05, 3.63) is 18.0 Å². The van der Waals surface area contributed by atoms with Crippen LogP contribution in [0.1, 0.15) is 19.0 Å². The summed E-state index contributed by atoms with van der Waals surface area (Å²) in [6, 6.07) is 1.91. The molecule has 2 rings (SSSR count). The molecule has 3 nitrogen and oxygen atoms in total. The Kier molecular flexibility index (Phi) is 2.17.